The van der Waals surface area contributed by atoms with Crippen molar-refractivity contribution in [2.45, 2.75) is 19.8 Å². The molecule has 0 spiro atoms. The van der Waals surface area contributed by atoms with E-state index in [1.54, 1.807) is 0 Å². The van der Waals surface area contributed by atoms with Crippen LogP contribution in [0.4, 0.5) is 5.69 Å². The summed E-state index contributed by atoms with van der Waals surface area (Å²) in [4.78, 5) is 0. The van der Waals surface area contributed by atoms with Crippen LogP contribution in [0, 0.1) is 6.92 Å². The summed E-state index contributed by atoms with van der Waals surface area (Å²) in [5, 5.41) is 7.72. The molecule has 0 fully saturated rings. The van der Waals surface area contributed by atoms with Crippen LogP contribution in [-0.2, 0) is 6.42 Å². The van der Waals surface area contributed by atoms with E-state index in [9.17, 15) is 0 Å². The number of hydrogen-bond acceptors (Lipinski definition) is 1. The van der Waals surface area contributed by atoms with Crippen LogP contribution in [0.15, 0.2) is 48.5 Å². The van der Waals surface area contributed by atoms with E-state index in [2.05, 4.69) is 41.8 Å². The predicted molar refractivity (Wildman–Crippen MR) is 95.2 cm³/mol. The molecule has 21 heavy (non-hydrogen) atoms. The molecule has 2 rings (SSSR count). The Morgan fingerprint density at radius 1 is 1.14 bits per heavy atom. The van der Waals surface area contributed by atoms with E-state index >= 15 is 0 Å². The average molecular weight is 319 g/mol. The first-order valence-electron chi connectivity index (χ1n) is 6.99. The van der Waals surface area contributed by atoms with Crippen molar-refractivity contribution < 1.29 is 0 Å². The zero-order chi connectivity index (χ0) is 15.1. The Morgan fingerprint density at radius 2 is 1.90 bits per heavy atom. The van der Waals surface area contributed by atoms with Crippen molar-refractivity contribution in [3.8, 4) is 0 Å². The highest BCUT2D eigenvalue weighted by Crippen LogP contribution is 2.13. The second-order valence-electron chi connectivity index (χ2n) is 4.98. The molecule has 110 valence electrons. The van der Waals surface area contributed by atoms with Gasteiger partial charge in [0.2, 0.25) is 0 Å². The summed E-state index contributed by atoms with van der Waals surface area (Å²) in [5.41, 5.74) is 3.62. The molecule has 0 heterocycles. The monoisotopic (exact) mass is 318 g/mol. The molecule has 2 nitrogen and oxygen atoms in total. The van der Waals surface area contributed by atoms with Crippen LogP contribution < -0.4 is 10.6 Å². The van der Waals surface area contributed by atoms with E-state index in [-0.39, 0.29) is 0 Å². The molecule has 0 saturated carbocycles. The second-order valence-corrected chi connectivity index (χ2v) is 5.83. The van der Waals surface area contributed by atoms with Gasteiger partial charge in [0.25, 0.3) is 0 Å². The highest BCUT2D eigenvalue weighted by molar-refractivity contribution is 7.80. The predicted octanol–water partition coefficient (Wildman–Crippen LogP) is 4.57. The summed E-state index contributed by atoms with van der Waals surface area (Å²) in [6, 6.07) is 16.1. The van der Waals surface area contributed by atoms with E-state index in [1.807, 2.05) is 24.3 Å². The highest BCUT2D eigenvalue weighted by Gasteiger charge is 1.98. The molecule has 0 aliphatic heterocycles. The van der Waals surface area contributed by atoms with Crippen LogP contribution in [0.5, 0.6) is 0 Å². The molecule has 4 heteroatoms. The van der Waals surface area contributed by atoms with Gasteiger partial charge in [0, 0.05) is 17.3 Å². The standard InChI is InChI=1S/C17H19ClN2S/c1-13-4-2-5-14(12-13)6-3-11-19-17(21)20-16-9-7-15(18)8-10-16/h2,4-5,7-10,12H,3,6,11H2,1H3,(H2,19,20,21). The SMILES string of the molecule is Cc1cccc(CCCNC(=S)Nc2ccc(Cl)cc2)c1. The van der Waals surface area contributed by atoms with Crippen LogP contribution in [0.3, 0.4) is 0 Å². The summed E-state index contributed by atoms with van der Waals surface area (Å²) < 4.78 is 0. The largest absolute Gasteiger partial charge is 0.362 e. The maximum atomic E-state index is 5.84. The minimum Gasteiger partial charge on any atom is -0.362 e. The lowest BCUT2D eigenvalue weighted by atomic mass is 10.1. The Labute approximate surface area is 136 Å². The van der Waals surface area contributed by atoms with E-state index in [0.717, 1.165) is 30.1 Å². The summed E-state index contributed by atoms with van der Waals surface area (Å²) in [6.07, 6.45) is 2.10. The average Bonchev–Trinajstić information content (AvgIpc) is 2.46. The molecule has 2 N–H and O–H groups in total. The maximum Gasteiger partial charge on any atom is 0.170 e. The Kier molecular flexibility index (Phi) is 6.03. The van der Waals surface area contributed by atoms with Crippen molar-refractivity contribution in [3.05, 3.63) is 64.7 Å². The maximum absolute atomic E-state index is 5.84. The summed E-state index contributed by atoms with van der Waals surface area (Å²) in [5.74, 6) is 0. The minimum atomic E-state index is 0.640. The van der Waals surface area contributed by atoms with E-state index in [0.29, 0.717) is 5.11 Å². The summed E-state index contributed by atoms with van der Waals surface area (Å²) in [6.45, 7) is 2.97. The van der Waals surface area contributed by atoms with Crippen molar-refractivity contribution >= 4 is 34.6 Å². The molecule has 0 saturated heterocycles. The number of rotatable bonds is 5. The quantitative estimate of drug-likeness (QED) is 0.624. The second kappa shape index (κ2) is 8.01. The highest BCUT2D eigenvalue weighted by atomic mass is 35.5. The molecule has 0 aliphatic rings. The van der Waals surface area contributed by atoms with Crippen LogP contribution in [0.25, 0.3) is 0 Å². The summed E-state index contributed by atoms with van der Waals surface area (Å²) in [7, 11) is 0. The van der Waals surface area contributed by atoms with Crippen LogP contribution in [0.2, 0.25) is 5.02 Å². The number of thiocarbonyl (C=S) groups is 1. The Hall–Kier alpha value is -1.58. The number of halogens is 1. The molecular weight excluding hydrogens is 300 g/mol. The third-order valence-corrected chi connectivity index (χ3v) is 3.61. The first-order chi connectivity index (χ1) is 10.1. The van der Waals surface area contributed by atoms with E-state index in [1.165, 1.54) is 11.1 Å². The third kappa shape index (κ3) is 5.74. The molecule has 0 bridgehead atoms. The van der Waals surface area contributed by atoms with Gasteiger partial charge in [-0.05, 0) is 61.8 Å². The Morgan fingerprint density at radius 3 is 2.62 bits per heavy atom. The van der Waals surface area contributed by atoms with Gasteiger partial charge in [0.15, 0.2) is 5.11 Å². The molecule has 0 aromatic heterocycles. The lowest BCUT2D eigenvalue weighted by molar-refractivity contribution is 0.777. The molecule has 0 unspecified atom stereocenters. The van der Waals surface area contributed by atoms with Gasteiger partial charge in [0.05, 0.1) is 0 Å². The van der Waals surface area contributed by atoms with E-state index in [4.69, 9.17) is 23.8 Å². The van der Waals surface area contributed by atoms with Gasteiger partial charge in [-0.15, -0.1) is 0 Å². The van der Waals surface area contributed by atoms with Crippen LogP contribution >= 0.6 is 23.8 Å². The van der Waals surface area contributed by atoms with Crippen molar-refractivity contribution in [1.29, 1.82) is 0 Å². The van der Waals surface area contributed by atoms with Gasteiger partial charge in [-0.1, -0.05) is 41.4 Å². The number of benzene rings is 2. The van der Waals surface area contributed by atoms with Crippen molar-refractivity contribution in [3.63, 3.8) is 0 Å². The molecule has 2 aromatic carbocycles. The zero-order valence-corrected chi connectivity index (χ0v) is 13.6. The number of hydrogen-bond donors (Lipinski definition) is 2. The molecule has 2 aromatic rings. The van der Waals surface area contributed by atoms with Crippen molar-refractivity contribution in [1.82, 2.24) is 5.32 Å². The van der Waals surface area contributed by atoms with Gasteiger partial charge in [0.1, 0.15) is 0 Å². The number of nitrogens with one attached hydrogen (secondary N) is 2. The van der Waals surface area contributed by atoms with Gasteiger partial charge < -0.3 is 10.6 Å². The van der Waals surface area contributed by atoms with Gasteiger partial charge in [-0.3, -0.25) is 0 Å². The Bertz CT molecular complexity index is 596. The molecule has 0 amide bonds. The third-order valence-electron chi connectivity index (χ3n) is 3.11. The normalized spacial score (nSPS) is 10.2. The first-order valence-corrected chi connectivity index (χ1v) is 7.78. The van der Waals surface area contributed by atoms with Gasteiger partial charge >= 0.3 is 0 Å². The number of aryl methyl sites for hydroxylation is 2. The molecular formula is C17H19ClN2S. The van der Waals surface area contributed by atoms with Crippen molar-refractivity contribution in [2.75, 3.05) is 11.9 Å². The fourth-order valence-electron chi connectivity index (χ4n) is 2.07. The summed E-state index contributed by atoms with van der Waals surface area (Å²) >= 11 is 11.1. The first kappa shape index (κ1) is 15.8. The van der Waals surface area contributed by atoms with Crippen LogP contribution in [-0.4, -0.2) is 11.7 Å². The molecule has 0 aliphatic carbocycles. The minimum absolute atomic E-state index is 0.640. The smallest absolute Gasteiger partial charge is 0.170 e. The zero-order valence-electron chi connectivity index (χ0n) is 12.0. The molecule has 0 atom stereocenters. The van der Waals surface area contributed by atoms with E-state index < -0.39 is 0 Å². The van der Waals surface area contributed by atoms with Crippen molar-refractivity contribution in [2.24, 2.45) is 0 Å². The Balaban J connectivity index is 1.68. The topological polar surface area (TPSA) is 24.1 Å². The van der Waals surface area contributed by atoms with Gasteiger partial charge in [-0.25, -0.2) is 0 Å². The number of anilines is 1. The lowest BCUT2D eigenvalue weighted by Crippen LogP contribution is -2.29. The fraction of sp³-hybridized carbons (Fsp3) is 0.235. The lowest BCUT2D eigenvalue weighted by Gasteiger charge is -2.10. The fourth-order valence-corrected chi connectivity index (χ4v) is 2.42. The molecule has 0 radical (unpaired) electrons. The van der Waals surface area contributed by atoms with Crippen LogP contribution in [0.1, 0.15) is 17.5 Å². The van der Waals surface area contributed by atoms with Gasteiger partial charge in [-0.2, -0.15) is 0 Å².